The van der Waals surface area contributed by atoms with Crippen molar-refractivity contribution >= 4 is 24.3 Å². The summed E-state index contributed by atoms with van der Waals surface area (Å²) in [5.41, 5.74) is 6.61. The molecule has 0 aliphatic rings. The van der Waals surface area contributed by atoms with Crippen LogP contribution in [0.1, 0.15) is 18.4 Å². The van der Waals surface area contributed by atoms with Crippen molar-refractivity contribution in [2.45, 2.75) is 12.8 Å². The maximum atomic E-state index is 12.4. The van der Waals surface area contributed by atoms with Gasteiger partial charge in [0.2, 0.25) is 5.91 Å². The molecule has 0 heterocycles. The van der Waals surface area contributed by atoms with E-state index >= 15 is 0 Å². The number of rotatable bonds is 6. The van der Waals surface area contributed by atoms with E-state index in [2.05, 4.69) is 4.74 Å². The van der Waals surface area contributed by atoms with Crippen LogP contribution in [0.3, 0.4) is 0 Å². The molecule has 0 saturated carbocycles. The van der Waals surface area contributed by atoms with E-state index in [9.17, 15) is 9.59 Å². The molecule has 0 radical (unpaired) electrons. The fraction of sp³-hybridized carbons (Fsp3) is 0.467. The third-order valence-electron chi connectivity index (χ3n) is 3.26. The maximum absolute atomic E-state index is 12.4. The molecule has 1 aromatic rings. The number of ether oxygens (including phenoxy) is 1. The van der Waals surface area contributed by atoms with Crippen LogP contribution in [0, 0.1) is 5.92 Å². The number of hydrogen-bond donors (Lipinski definition) is 1. The summed E-state index contributed by atoms with van der Waals surface area (Å²) >= 11 is 0. The topological polar surface area (TPSA) is 72.6 Å². The second-order valence-corrected chi connectivity index (χ2v) is 4.84. The van der Waals surface area contributed by atoms with Gasteiger partial charge in [0, 0.05) is 20.1 Å². The number of hydrogen-bond acceptors (Lipinski definition) is 4. The summed E-state index contributed by atoms with van der Waals surface area (Å²) in [6.07, 6.45) is 0. The zero-order chi connectivity index (χ0) is 15.1. The van der Waals surface area contributed by atoms with Crippen molar-refractivity contribution in [1.82, 2.24) is 4.90 Å². The summed E-state index contributed by atoms with van der Waals surface area (Å²) in [5, 5.41) is 0. The molecule has 0 bridgehead atoms. The van der Waals surface area contributed by atoms with Crippen molar-refractivity contribution in [2.24, 2.45) is 11.7 Å². The van der Waals surface area contributed by atoms with Crippen molar-refractivity contribution in [3.63, 3.8) is 0 Å². The first-order valence-electron chi connectivity index (χ1n) is 6.59. The first-order valence-corrected chi connectivity index (χ1v) is 6.59. The zero-order valence-corrected chi connectivity index (χ0v) is 13.4. The van der Waals surface area contributed by atoms with Crippen LogP contribution in [0.15, 0.2) is 30.3 Å². The molecule has 5 nitrogen and oxygen atoms in total. The second kappa shape index (κ2) is 9.37. The molecule has 2 atom stereocenters. The summed E-state index contributed by atoms with van der Waals surface area (Å²) in [5.74, 6) is -1.16. The lowest BCUT2D eigenvalue weighted by Gasteiger charge is -2.25. The van der Waals surface area contributed by atoms with Gasteiger partial charge in [0.15, 0.2) is 0 Å². The van der Waals surface area contributed by atoms with Crippen molar-refractivity contribution in [3.05, 3.63) is 35.9 Å². The number of nitrogens with zero attached hydrogens (tertiary/aromatic N) is 1. The predicted octanol–water partition coefficient (Wildman–Crippen LogP) is 1.42. The molecule has 0 aliphatic carbocycles. The van der Waals surface area contributed by atoms with E-state index in [0.717, 1.165) is 5.56 Å². The molecular formula is C15H23ClN2O3. The van der Waals surface area contributed by atoms with E-state index in [-0.39, 0.29) is 42.7 Å². The number of amides is 1. The number of benzene rings is 1. The Bertz CT molecular complexity index is 453. The standard InChI is InChI=1S/C15H22N2O3.ClH/c1-11(15(19)20-3)10-17(2)14(18)13(9-16)12-7-5-4-6-8-12;/h4-8,11,13H,9-10,16H2,1-3H3;1H. The number of carbonyl (C=O) groups is 2. The fourth-order valence-electron chi connectivity index (χ4n) is 2.11. The number of halogens is 1. The zero-order valence-electron chi connectivity index (χ0n) is 12.6. The molecule has 0 saturated heterocycles. The van der Waals surface area contributed by atoms with Crippen LogP contribution in [0.2, 0.25) is 0 Å². The van der Waals surface area contributed by atoms with Crippen LogP contribution in [0.25, 0.3) is 0 Å². The van der Waals surface area contributed by atoms with Crippen molar-refractivity contribution in [1.29, 1.82) is 0 Å². The molecule has 0 spiro atoms. The van der Waals surface area contributed by atoms with Crippen LogP contribution in [0.4, 0.5) is 0 Å². The van der Waals surface area contributed by atoms with E-state index in [1.807, 2.05) is 30.3 Å². The van der Waals surface area contributed by atoms with Crippen LogP contribution < -0.4 is 5.73 Å². The Labute approximate surface area is 131 Å². The van der Waals surface area contributed by atoms with E-state index in [1.54, 1.807) is 14.0 Å². The number of likely N-dealkylation sites (N-methyl/N-ethyl adjacent to an activating group) is 1. The molecule has 0 aromatic heterocycles. The van der Waals surface area contributed by atoms with Crippen LogP contribution in [-0.4, -0.2) is 44.0 Å². The first-order chi connectivity index (χ1) is 9.51. The highest BCUT2D eigenvalue weighted by Gasteiger charge is 2.25. The highest BCUT2D eigenvalue weighted by Crippen LogP contribution is 2.17. The van der Waals surface area contributed by atoms with Crippen molar-refractivity contribution in [2.75, 3.05) is 27.2 Å². The molecule has 1 aromatic carbocycles. The Morgan fingerprint density at radius 1 is 1.29 bits per heavy atom. The Kier molecular flexibility index (Phi) is 8.66. The lowest BCUT2D eigenvalue weighted by atomic mass is 9.97. The minimum atomic E-state index is -0.383. The predicted molar refractivity (Wildman–Crippen MR) is 84.3 cm³/mol. The summed E-state index contributed by atoms with van der Waals surface area (Å²) in [6.45, 7) is 2.28. The molecule has 6 heteroatoms. The SMILES string of the molecule is COC(=O)C(C)CN(C)C(=O)C(CN)c1ccccc1.Cl. The Morgan fingerprint density at radius 3 is 2.33 bits per heavy atom. The molecule has 21 heavy (non-hydrogen) atoms. The van der Waals surface area contributed by atoms with Gasteiger partial charge in [-0.25, -0.2) is 0 Å². The van der Waals surface area contributed by atoms with E-state index in [4.69, 9.17) is 5.73 Å². The molecular weight excluding hydrogens is 292 g/mol. The lowest BCUT2D eigenvalue weighted by molar-refractivity contribution is -0.146. The van der Waals surface area contributed by atoms with Crippen molar-refractivity contribution < 1.29 is 14.3 Å². The molecule has 0 fully saturated rings. The van der Waals surface area contributed by atoms with Gasteiger partial charge in [-0.2, -0.15) is 0 Å². The van der Waals surface area contributed by atoms with Crippen LogP contribution >= 0.6 is 12.4 Å². The molecule has 2 unspecified atom stereocenters. The number of nitrogens with two attached hydrogens (primary N) is 1. The Morgan fingerprint density at radius 2 is 1.86 bits per heavy atom. The van der Waals surface area contributed by atoms with Gasteiger partial charge < -0.3 is 15.4 Å². The minimum absolute atomic E-state index is 0. The third kappa shape index (κ3) is 5.36. The summed E-state index contributed by atoms with van der Waals surface area (Å²) in [4.78, 5) is 25.3. The quantitative estimate of drug-likeness (QED) is 0.806. The van der Waals surface area contributed by atoms with Crippen LogP contribution in [0.5, 0.6) is 0 Å². The Hall–Kier alpha value is -1.59. The maximum Gasteiger partial charge on any atom is 0.310 e. The number of methoxy groups -OCH3 is 1. The smallest absolute Gasteiger partial charge is 0.310 e. The van der Waals surface area contributed by atoms with Gasteiger partial charge in [-0.1, -0.05) is 37.3 Å². The first kappa shape index (κ1) is 19.4. The second-order valence-electron chi connectivity index (χ2n) is 4.84. The highest BCUT2D eigenvalue weighted by molar-refractivity contribution is 5.85. The van der Waals surface area contributed by atoms with Gasteiger partial charge in [0.05, 0.1) is 18.9 Å². The molecule has 0 aliphatic heterocycles. The van der Waals surface area contributed by atoms with Crippen molar-refractivity contribution in [3.8, 4) is 0 Å². The van der Waals surface area contributed by atoms with Gasteiger partial charge in [-0.3, -0.25) is 9.59 Å². The summed E-state index contributed by atoms with van der Waals surface area (Å²) < 4.78 is 4.66. The van der Waals surface area contributed by atoms with Gasteiger partial charge in [-0.15, -0.1) is 12.4 Å². The van der Waals surface area contributed by atoms with E-state index in [1.165, 1.54) is 12.0 Å². The number of esters is 1. The molecule has 2 N–H and O–H groups in total. The largest absolute Gasteiger partial charge is 0.469 e. The van der Waals surface area contributed by atoms with Gasteiger partial charge in [-0.05, 0) is 5.56 Å². The Balaban J connectivity index is 0.00000400. The lowest BCUT2D eigenvalue weighted by Crippen LogP contribution is -2.39. The van der Waals surface area contributed by atoms with E-state index in [0.29, 0.717) is 6.54 Å². The monoisotopic (exact) mass is 314 g/mol. The minimum Gasteiger partial charge on any atom is -0.469 e. The van der Waals surface area contributed by atoms with Gasteiger partial charge >= 0.3 is 5.97 Å². The van der Waals surface area contributed by atoms with Crippen LogP contribution in [-0.2, 0) is 14.3 Å². The number of carbonyl (C=O) groups excluding carboxylic acids is 2. The van der Waals surface area contributed by atoms with Gasteiger partial charge in [0.1, 0.15) is 0 Å². The molecule has 1 rings (SSSR count). The summed E-state index contributed by atoms with van der Waals surface area (Å²) in [7, 11) is 3.01. The third-order valence-corrected chi connectivity index (χ3v) is 3.26. The highest BCUT2D eigenvalue weighted by atomic mass is 35.5. The fourth-order valence-corrected chi connectivity index (χ4v) is 2.11. The normalized spacial score (nSPS) is 12.8. The molecule has 1 amide bonds. The van der Waals surface area contributed by atoms with Gasteiger partial charge in [0.25, 0.3) is 0 Å². The average molecular weight is 315 g/mol. The molecule has 118 valence electrons. The summed E-state index contributed by atoms with van der Waals surface area (Å²) in [6, 6.07) is 9.41. The van der Waals surface area contributed by atoms with E-state index < -0.39 is 0 Å². The average Bonchev–Trinajstić information content (AvgIpc) is 2.47.